The van der Waals surface area contributed by atoms with Crippen LogP contribution in [0.15, 0.2) is 24.3 Å². The Kier molecular flexibility index (Phi) is 2.73. The van der Waals surface area contributed by atoms with Crippen molar-refractivity contribution in [3.8, 4) is 6.07 Å². The van der Waals surface area contributed by atoms with Crippen molar-refractivity contribution >= 4 is 27.0 Å². The first-order valence-electron chi connectivity index (χ1n) is 4.89. The van der Waals surface area contributed by atoms with Crippen molar-refractivity contribution in [3.05, 3.63) is 24.3 Å². The molecule has 7 heteroatoms. The van der Waals surface area contributed by atoms with E-state index in [0.29, 0.717) is 5.52 Å². The Morgan fingerprint density at radius 3 is 2.82 bits per heavy atom. The van der Waals surface area contributed by atoms with E-state index in [2.05, 4.69) is 14.7 Å². The largest absolute Gasteiger partial charge is 0.323 e. The quantitative estimate of drug-likeness (QED) is 0.855. The number of nitrogens with one attached hydrogen (secondary N) is 2. The van der Waals surface area contributed by atoms with Gasteiger partial charge in [0.25, 0.3) is 10.0 Å². The fourth-order valence-corrected chi connectivity index (χ4v) is 1.98. The molecule has 1 heterocycles. The lowest BCUT2D eigenvalue weighted by Gasteiger charge is -2.05. The van der Waals surface area contributed by atoms with Gasteiger partial charge in [0, 0.05) is 0 Å². The van der Waals surface area contributed by atoms with Gasteiger partial charge in [-0.2, -0.15) is 5.26 Å². The summed E-state index contributed by atoms with van der Waals surface area (Å²) in [7, 11) is -3.72. The van der Waals surface area contributed by atoms with Gasteiger partial charge in [0.2, 0.25) is 5.95 Å². The van der Waals surface area contributed by atoms with Crippen molar-refractivity contribution in [2.45, 2.75) is 12.2 Å². The summed E-state index contributed by atoms with van der Waals surface area (Å²) in [4.78, 5) is 6.88. The van der Waals surface area contributed by atoms with Gasteiger partial charge in [-0.1, -0.05) is 12.1 Å². The van der Waals surface area contributed by atoms with Crippen LogP contribution in [0.1, 0.15) is 6.92 Å². The van der Waals surface area contributed by atoms with Gasteiger partial charge in [0.05, 0.1) is 17.1 Å². The second-order valence-corrected chi connectivity index (χ2v) is 5.52. The molecule has 17 heavy (non-hydrogen) atoms. The Bertz CT molecular complexity index is 651. The van der Waals surface area contributed by atoms with Crippen LogP contribution in [0, 0.1) is 11.3 Å². The zero-order valence-electron chi connectivity index (χ0n) is 9.01. The van der Waals surface area contributed by atoms with Gasteiger partial charge < -0.3 is 4.98 Å². The normalized spacial score (nSPS) is 13.2. The first-order chi connectivity index (χ1) is 8.03. The number of para-hydroxylation sites is 2. The molecule has 0 aliphatic carbocycles. The van der Waals surface area contributed by atoms with Crippen molar-refractivity contribution in [1.29, 1.82) is 5.26 Å². The van der Waals surface area contributed by atoms with Crippen LogP contribution in [-0.2, 0) is 10.0 Å². The van der Waals surface area contributed by atoms with Crippen LogP contribution in [0.2, 0.25) is 0 Å². The molecule has 0 bridgehead atoms. The molecular weight excluding hydrogens is 240 g/mol. The van der Waals surface area contributed by atoms with Crippen LogP contribution in [-0.4, -0.2) is 23.6 Å². The molecule has 1 atom stereocenters. The summed E-state index contributed by atoms with van der Waals surface area (Å²) in [5.74, 6) is 0.119. The maximum absolute atomic E-state index is 11.6. The van der Waals surface area contributed by atoms with E-state index in [0.717, 1.165) is 5.52 Å². The first-order valence-corrected chi connectivity index (χ1v) is 6.43. The highest BCUT2D eigenvalue weighted by Gasteiger charge is 2.21. The lowest BCUT2D eigenvalue weighted by molar-refractivity contribution is 0.597. The van der Waals surface area contributed by atoms with E-state index in [4.69, 9.17) is 5.26 Å². The second kappa shape index (κ2) is 4.07. The molecule has 0 amide bonds. The fraction of sp³-hybridized carbons (Fsp3) is 0.200. The molecule has 0 saturated heterocycles. The number of nitriles is 1. The minimum Gasteiger partial charge on any atom is -0.323 e. The van der Waals surface area contributed by atoms with Crippen molar-refractivity contribution < 1.29 is 8.42 Å². The highest BCUT2D eigenvalue weighted by molar-refractivity contribution is 7.93. The van der Waals surface area contributed by atoms with Gasteiger partial charge in [-0.05, 0) is 19.1 Å². The average Bonchev–Trinajstić information content (AvgIpc) is 2.68. The second-order valence-electron chi connectivity index (χ2n) is 3.52. The Hall–Kier alpha value is -2.07. The smallest absolute Gasteiger partial charge is 0.251 e. The fourth-order valence-electron chi connectivity index (χ4n) is 1.29. The van der Waals surface area contributed by atoms with Crippen LogP contribution in [0.5, 0.6) is 0 Å². The molecular formula is C10H10N4O2S. The monoisotopic (exact) mass is 250 g/mol. The molecule has 88 valence electrons. The Balaban J connectivity index is 2.34. The molecule has 2 N–H and O–H groups in total. The van der Waals surface area contributed by atoms with Crippen molar-refractivity contribution in [3.63, 3.8) is 0 Å². The molecule has 1 unspecified atom stereocenters. The molecule has 0 aliphatic rings. The zero-order valence-corrected chi connectivity index (χ0v) is 9.82. The van der Waals surface area contributed by atoms with Crippen LogP contribution in [0.3, 0.4) is 0 Å². The highest BCUT2D eigenvalue weighted by Crippen LogP contribution is 2.15. The molecule has 6 nitrogen and oxygen atoms in total. The Morgan fingerprint density at radius 2 is 2.18 bits per heavy atom. The van der Waals surface area contributed by atoms with E-state index >= 15 is 0 Å². The summed E-state index contributed by atoms with van der Waals surface area (Å²) >= 11 is 0. The summed E-state index contributed by atoms with van der Waals surface area (Å²) in [5.41, 5.74) is 1.39. The van der Waals surface area contributed by atoms with Gasteiger partial charge in [0.15, 0.2) is 5.25 Å². The molecule has 0 fully saturated rings. The van der Waals surface area contributed by atoms with E-state index < -0.39 is 15.3 Å². The number of hydrogen-bond donors (Lipinski definition) is 2. The number of H-pyrrole nitrogens is 1. The molecule has 0 spiro atoms. The van der Waals surface area contributed by atoms with Crippen LogP contribution in [0.25, 0.3) is 11.0 Å². The molecule has 0 aliphatic heterocycles. The number of aromatic amines is 1. The van der Waals surface area contributed by atoms with Gasteiger partial charge in [-0.3, -0.25) is 4.72 Å². The molecule has 1 aromatic carbocycles. The predicted octanol–water partition coefficient (Wildman–Crippen LogP) is 1.22. The number of aromatic nitrogens is 2. The lowest BCUT2D eigenvalue weighted by Crippen LogP contribution is -2.24. The molecule has 0 radical (unpaired) electrons. The van der Waals surface area contributed by atoms with E-state index in [9.17, 15) is 8.42 Å². The summed E-state index contributed by atoms with van der Waals surface area (Å²) < 4.78 is 25.5. The summed E-state index contributed by atoms with van der Waals surface area (Å²) in [6.07, 6.45) is 0. The maximum atomic E-state index is 11.6. The number of imidazole rings is 1. The first kappa shape index (κ1) is 11.4. The molecule has 2 rings (SSSR count). The number of nitrogens with zero attached hydrogens (tertiary/aromatic N) is 2. The number of fused-ring (bicyclic) bond motifs is 1. The van der Waals surface area contributed by atoms with Gasteiger partial charge in [0.1, 0.15) is 0 Å². The summed E-state index contributed by atoms with van der Waals surface area (Å²) in [6.45, 7) is 1.31. The maximum Gasteiger partial charge on any atom is 0.251 e. The predicted molar refractivity (Wildman–Crippen MR) is 63.7 cm³/mol. The molecule has 2 aromatic rings. The number of rotatable bonds is 3. The number of benzene rings is 1. The van der Waals surface area contributed by atoms with E-state index in [-0.39, 0.29) is 5.95 Å². The SMILES string of the molecule is CC(C#N)S(=O)(=O)Nc1nc2ccccc2[nH]1. The molecule has 0 saturated carbocycles. The van der Waals surface area contributed by atoms with Crippen molar-refractivity contribution in [2.75, 3.05) is 4.72 Å². The van der Waals surface area contributed by atoms with E-state index in [1.54, 1.807) is 24.3 Å². The Morgan fingerprint density at radius 1 is 1.47 bits per heavy atom. The zero-order chi connectivity index (χ0) is 12.5. The van der Waals surface area contributed by atoms with E-state index in [1.807, 2.05) is 6.07 Å². The average molecular weight is 250 g/mol. The van der Waals surface area contributed by atoms with Crippen LogP contribution >= 0.6 is 0 Å². The Labute approximate surface area is 98.3 Å². The van der Waals surface area contributed by atoms with Crippen LogP contribution in [0.4, 0.5) is 5.95 Å². The lowest BCUT2D eigenvalue weighted by atomic mass is 10.3. The number of anilines is 1. The number of hydrogen-bond acceptors (Lipinski definition) is 4. The van der Waals surface area contributed by atoms with Crippen molar-refractivity contribution in [2.24, 2.45) is 0 Å². The standard InChI is InChI=1S/C10H10N4O2S/c1-7(6-11)17(15,16)14-10-12-8-4-2-3-5-9(8)13-10/h2-5,7H,1H3,(H2,12,13,14). The topological polar surface area (TPSA) is 98.6 Å². The van der Waals surface area contributed by atoms with Crippen molar-refractivity contribution in [1.82, 2.24) is 9.97 Å². The number of sulfonamides is 1. The third kappa shape index (κ3) is 2.21. The van der Waals surface area contributed by atoms with Gasteiger partial charge >= 0.3 is 0 Å². The van der Waals surface area contributed by atoms with Crippen LogP contribution < -0.4 is 4.72 Å². The summed E-state index contributed by atoms with van der Waals surface area (Å²) in [6, 6.07) is 8.83. The van der Waals surface area contributed by atoms with E-state index in [1.165, 1.54) is 6.92 Å². The summed E-state index contributed by atoms with van der Waals surface area (Å²) in [5, 5.41) is 7.46. The molecule has 1 aromatic heterocycles. The third-order valence-corrected chi connectivity index (χ3v) is 3.79. The minimum atomic E-state index is -3.72. The third-order valence-electron chi connectivity index (χ3n) is 2.28. The highest BCUT2D eigenvalue weighted by atomic mass is 32.2. The van der Waals surface area contributed by atoms with Gasteiger partial charge in [-0.25, -0.2) is 13.4 Å². The van der Waals surface area contributed by atoms with Gasteiger partial charge in [-0.15, -0.1) is 0 Å². The minimum absolute atomic E-state index is 0.119.